The molecule has 1 heterocycles. The summed E-state index contributed by atoms with van der Waals surface area (Å²) in [5, 5.41) is 0. The van der Waals surface area contributed by atoms with Gasteiger partial charge in [-0.15, -0.1) is 0 Å². The number of hydrogen-bond donors (Lipinski definition) is 0. The SMILES string of the molecule is CCOC(=O)C1=C(C)OCC(c2ccc(C)cc2)=N1. The molecule has 1 aliphatic rings. The number of carbonyl (C=O) groups is 1. The lowest BCUT2D eigenvalue weighted by atomic mass is 10.1. The Morgan fingerprint density at radius 1 is 1.32 bits per heavy atom. The number of hydrogen-bond acceptors (Lipinski definition) is 4. The Morgan fingerprint density at radius 2 is 2.00 bits per heavy atom. The van der Waals surface area contributed by atoms with Gasteiger partial charge in [0.25, 0.3) is 0 Å². The fourth-order valence-electron chi connectivity index (χ4n) is 1.77. The predicted octanol–water partition coefficient (Wildman–Crippen LogP) is 2.61. The van der Waals surface area contributed by atoms with Crippen molar-refractivity contribution in [1.82, 2.24) is 0 Å². The van der Waals surface area contributed by atoms with Crippen molar-refractivity contribution < 1.29 is 14.3 Å². The van der Waals surface area contributed by atoms with E-state index in [1.807, 2.05) is 31.2 Å². The van der Waals surface area contributed by atoms with Gasteiger partial charge in [-0.2, -0.15) is 0 Å². The molecule has 0 amide bonds. The van der Waals surface area contributed by atoms with Gasteiger partial charge in [-0.3, -0.25) is 0 Å². The lowest BCUT2D eigenvalue weighted by Crippen LogP contribution is -2.20. The quantitative estimate of drug-likeness (QED) is 0.784. The first-order valence-corrected chi connectivity index (χ1v) is 6.27. The number of esters is 1. The van der Waals surface area contributed by atoms with E-state index in [1.165, 1.54) is 5.56 Å². The maximum absolute atomic E-state index is 11.8. The van der Waals surface area contributed by atoms with E-state index in [2.05, 4.69) is 4.99 Å². The summed E-state index contributed by atoms with van der Waals surface area (Å²) >= 11 is 0. The predicted molar refractivity (Wildman–Crippen MR) is 73.0 cm³/mol. The van der Waals surface area contributed by atoms with Crippen LogP contribution in [0.3, 0.4) is 0 Å². The molecule has 1 aromatic rings. The molecule has 0 radical (unpaired) electrons. The number of benzene rings is 1. The van der Waals surface area contributed by atoms with Gasteiger partial charge in [-0.1, -0.05) is 29.8 Å². The zero-order valence-corrected chi connectivity index (χ0v) is 11.4. The molecule has 0 N–H and O–H groups in total. The summed E-state index contributed by atoms with van der Waals surface area (Å²) in [7, 11) is 0. The van der Waals surface area contributed by atoms with Crippen molar-refractivity contribution in [3.8, 4) is 0 Å². The second kappa shape index (κ2) is 5.69. The number of aryl methyl sites for hydroxylation is 1. The summed E-state index contributed by atoms with van der Waals surface area (Å²) < 4.78 is 10.5. The summed E-state index contributed by atoms with van der Waals surface area (Å²) in [6.45, 7) is 6.21. The van der Waals surface area contributed by atoms with Gasteiger partial charge in [0.05, 0.1) is 12.3 Å². The van der Waals surface area contributed by atoms with Crippen LogP contribution >= 0.6 is 0 Å². The van der Waals surface area contributed by atoms with Crippen LogP contribution in [0, 0.1) is 6.92 Å². The first kappa shape index (κ1) is 13.3. The minimum atomic E-state index is -0.440. The second-order valence-electron chi connectivity index (χ2n) is 4.34. The van der Waals surface area contributed by atoms with Crippen LogP contribution in [-0.2, 0) is 14.3 Å². The molecule has 1 aliphatic heterocycles. The number of allylic oxidation sites excluding steroid dienone is 1. The zero-order chi connectivity index (χ0) is 13.8. The summed E-state index contributed by atoms with van der Waals surface area (Å²) in [6, 6.07) is 7.96. The molecule has 19 heavy (non-hydrogen) atoms. The summed E-state index contributed by atoms with van der Waals surface area (Å²) in [5.41, 5.74) is 3.13. The molecule has 0 saturated heterocycles. The molecule has 0 atom stereocenters. The number of nitrogens with zero attached hydrogens (tertiary/aromatic N) is 1. The van der Waals surface area contributed by atoms with Gasteiger partial charge >= 0.3 is 5.97 Å². The molecule has 1 aromatic carbocycles. The van der Waals surface area contributed by atoms with Gasteiger partial charge in [-0.05, 0) is 26.3 Å². The molecule has 100 valence electrons. The Labute approximate surface area is 112 Å². The zero-order valence-electron chi connectivity index (χ0n) is 11.4. The normalized spacial score (nSPS) is 14.8. The third-order valence-corrected chi connectivity index (χ3v) is 2.86. The molecule has 0 aromatic heterocycles. The summed E-state index contributed by atoms with van der Waals surface area (Å²) in [4.78, 5) is 16.2. The van der Waals surface area contributed by atoms with Crippen molar-refractivity contribution in [3.05, 3.63) is 46.8 Å². The highest BCUT2D eigenvalue weighted by Gasteiger charge is 2.21. The van der Waals surface area contributed by atoms with Gasteiger partial charge in [-0.25, -0.2) is 9.79 Å². The molecule has 0 aliphatic carbocycles. The van der Waals surface area contributed by atoms with Crippen LogP contribution in [0.4, 0.5) is 0 Å². The molecule has 2 rings (SSSR count). The smallest absolute Gasteiger partial charge is 0.360 e. The topological polar surface area (TPSA) is 47.9 Å². The third kappa shape index (κ3) is 3.02. The largest absolute Gasteiger partial charge is 0.489 e. The lowest BCUT2D eigenvalue weighted by Gasteiger charge is -2.17. The monoisotopic (exact) mass is 259 g/mol. The van der Waals surface area contributed by atoms with Crippen molar-refractivity contribution in [2.75, 3.05) is 13.2 Å². The number of ether oxygens (including phenoxy) is 2. The van der Waals surface area contributed by atoms with Crippen LogP contribution in [0.15, 0.2) is 40.7 Å². The third-order valence-electron chi connectivity index (χ3n) is 2.86. The molecule has 0 fully saturated rings. The van der Waals surface area contributed by atoms with E-state index in [-0.39, 0.29) is 5.70 Å². The summed E-state index contributed by atoms with van der Waals surface area (Å²) in [5.74, 6) is 0.0682. The average Bonchev–Trinajstić information content (AvgIpc) is 2.40. The molecule has 4 nitrogen and oxygen atoms in total. The van der Waals surface area contributed by atoms with Crippen molar-refractivity contribution in [1.29, 1.82) is 0 Å². The highest BCUT2D eigenvalue weighted by atomic mass is 16.5. The second-order valence-corrected chi connectivity index (χ2v) is 4.34. The first-order chi connectivity index (χ1) is 9.11. The van der Waals surface area contributed by atoms with Crippen molar-refractivity contribution in [2.45, 2.75) is 20.8 Å². The molecule has 0 spiro atoms. The number of rotatable bonds is 3. The molecular formula is C15H17NO3. The fraction of sp³-hybridized carbons (Fsp3) is 0.333. The van der Waals surface area contributed by atoms with Gasteiger partial charge in [0.1, 0.15) is 12.4 Å². The van der Waals surface area contributed by atoms with E-state index in [0.717, 1.165) is 11.3 Å². The fourth-order valence-corrected chi connectivity index (χ4v) is 1.77. The lowest BCUT2D eigenvalue weighted by molar-refractivity contribution is -0.138. The Bertz CT molecular complexity index is 541. The van der Waals surface area contributed by atoms with Crippen molar-refractivity contribution in [2.24, 2.45) is 4.99 Å². The van der Waals surface area contributed by atoms with Gasteiger partial charge in [0.15, 0.2) is 5.70 Å². The highest BCUT2D eigenvalue weighted by Crippen LogP contribution is 2.18. The van der Waals surface area contributed by atoms with Crippen LogP contribution < -0.4 is 0 Å². The van der Waals surface area contributed by atoms with E-state index < -0.39 is 5.97 Å². The Hall–Kier alpha value is -2.10. The van der Waals surface area contributed by atoms with Crippen LogP contribution in [0.25, 0.3) is 0 Å². The van der Waals surface area contributed by atoms with Crippen LogP contribution in [0.5, 0.6) is 0 Å². The Kier molecular flexibility index (Phi) is 4.00. The molecule has 0 bridgehead atoms. The van der Waals surface area contributed by atoms with Crippen LogP contribution in [0.2, 0.25) is 0 Å². The first-order valence-electron chi connectivity index (χ1n) is 6.27. The molecule has 4 heteroatoms. The van der Waals surface area contributed by atoms with Crippen LogP contribution in [-0.4, -0.2) is 24.9 Å². The van der Waals surface area contributed by atoms with E-state index in [9.17, 15) is 4.79 Å². The molecule has 0 unspecified atom stereocenters. The maximum Gasteiger partial charge on any atom is 0.360 e. The van der Waals surface area contributed by atoms with E-state index in [0.29, 0.717) is 19.0 Å². The highest BCUT2D eigenvalue weighted by molar-refractivity contribution is 6.05. The number of aliphatic imine (C=N–C) groups is 1. The van der Waals surface area contributed by atoms with Gasteiger partial charge in [0.2, 0.25) is 0 Å². The Balaban J connectivity index is 2.30. The van der Waals surface area contributed by atoms with Crippen molar-refractivity contribution in [3.63, 3.8) is 0 Å². The maximum atomic E-state index is 11.8. The summed E-state index contributed by atoms with van der Waals surface area (Å²) in [6.07, 6.45) is 0. The van der Waals surface area contributed by atoms with Gasteiger partial charge < -0.3 is 9.47 Å². The van der Waals surface area contributed by atoms with Crippen molar-refractivity contribution >= 4 is 11.7 Å². The van der Waals surface area contributed by atoms with E-state index >= 15 is 0 Å². The van der Waals surface area contributed by atoms with Gasteiger partial charge in [0, 0.05) is 0 Å². The minimum absolute atomic E-state index is 0.253. The standard InChI is InChI=1S/C15H17NO3/c1-4-18-15(17)14-11(3)19-9-13(16-14)12-7-5-10(2)6-8-12/h5-8H,4,9H2,1-3H3. The Morgan fingerprint density at radius 3 is 2.63 bits per heavy atom. The molecule has 0 saturated carbocycles. The van der Waals surface area contributed by atoms with E-state index in [4.69, 9.17) is 9.47 Å². The number of carbonyl (C=O) groups excluding carboxylic acids is 1. The average molecular weight is 259 g/mol. The minimum Gasteiger partial charge on any atom is -0.489 e. The van der Waals surface area contributed by atoms with E-state index in [1.54, 1.807) is 13.8 Å². The van der Waals surface area contributed by atoms with Crippen LogP contribution in [0.1, 0.15) is 25.0 Å². The molecular weight excluding hydrogens is 242 g/mol.